The Kier molecular flexibility index (Phi) is 2.84. The number of rotatable bonds is 3. The quantitative estimate of drug-likeness (QED) is 0.531. The van der Waals surface area contributed by atoms with Crippen LogP contribution in [-0.4, -0.2) is 5.78 Å². The molecule has 0 N–H and O–H groups in total. The van der Waals surface area contributed by atoms with Crippen molar-refractivity contribution in [3.8, 4) is 0 Å². The summed E-state index contributed by atoms with van der Waals surface area (Å²) in [5.74, 6) is -0.511. The van der Waals surface area contributed by atoms with Crippen LogP contribution < -0.4 is 0 Å². The first-order valence-corrected chi connectivity index (χ1v) is 4.41. The largest absolute Gasteiger partial charge is 0.293 e. The molecule has 2 heteroatoms. The predicted octanol–water partition coefficient (Wildman–Crippen LogP) is 3.22. The van der Waals surface area contributed by atoms with Crippen molar-refractivity contribution in [2.24, 2.45) is 5.41 Å². The van der Waals surface area contributed by atoms with Crippen molar-refractivity contribution in [1.29, 1.82) is 0 Å². The minimum absolute atomic E-state index is 0.119. The Morgan fingerprint density at radius 2 is 2.14 bits per heavy atom. The monoisotopic (exact) mass is 192 g/mol. The molecule has 0 fully saturated rings. The molecule has 0 atom stereocenters. The molecule has 0 aliphatic heterocycles. The van der Waals surface area contributed by atoms with Gasteiger partial charge in [0.05, 0.1) is 0 Å². The Bertz CT molecular complexity index is 366. The molecule has 0 aliphatic rings. The van der Waals surface area contributed by atoms with E-state index in [-0.39, 0.29) is 5.78 Å². The zero-order valence-corrected chi connectivity index (χ0v) is 8.38. The highest BCUT2D eigenvalue weighted by Crippen LogP contribution is 2.23. The minimum atomic E-state index is -0.645. The predicted molar refractivity (Wildman–Crippen MR) is 54.7 cm³/mol. The van der Waals surface area contributed by atoms with Gasteiger partial charge in [0.2, 0.25) is 0 Å². The van der Waals surface area contributed by atoms with E-state index in [1.165, 1.54) is 18.2 Å². The van der Waals surface area contributed by atoms with Gasteiger partial charge in [-0.25, -0.2) is 4.39 Å². The number of ketones is 1. The third-order valence-corrected chi connectivity index (χ3v) is 2.18. The van der Waals surface area contributed by atoms with E-state index in [1.807, 2.05) is 0 Å². The molecular weight excluding hydrogens is 179 g/mol. The number of hydrogen-bond donors (Lipinski definition) is 0. The molecule has 1 aromatic carbocycles. The van der Waals surface area contributed by atoms with Crippen LogP contribution in [0.1, 0.15) is 24.2 Å². The van der Waals surface area contributed by atoms with Crippen LogP contribution in [0.5, 0.6) is 0 Å². The molecule has 1 rings (SSSR count). The van der Waals surface area contributed by atoms with Crippen LogP contribution in [0.4, 0.5) is 4.39 Å². The fraction of sp³-hybridized carbons (Fsp3) is 0.250. The summed E-state index contributed by atoms with van der Waals surface area (Å²) in [6, 6.07) is 5.70. The van der Waals surface area contributed by atoms with Crippen LogP contribution >= 0.6 is 0 Å². The first kappa shape index (κ1) is 10.6. The Morgan fingerprint density at radius 3 is 2.64 bits per heavy atom. The van der Waals surface area contributed by atoms with E-state index in [0.717, 1.165) is 0 Å². The number of benzene rings is 1. The SMILES string of the molecule is C=CC(C)(C)C(=O)c1cccc(F)c1. The van der Waals surface area contributed by atoms with Crippen molar-refractivity contribution in [3.63, 3.8) is 0 Å². The third kappa shape index (κ3) is 2.08. The molecule has 0 aromatic heterocycles. The molecule has 1 nitrogen and oxygen atoms in total. The van der Waals surface area contributed by atoms with Crippen molar-refractivity contribution in [2.75, 3.05) is 0 Å². The van der Waals surface area contributed by atoms with Crippen LogP contribution in [0.3, 0.4) is 0 Å². The number of hydrogen-bond acceptors (Lipinski definition) is 1. The van der Waals surface area contributed by atoms with Gasteiger partial charge in [-0.15, -0.1) is 6.58 Å². The highest BCUT2D eigenvalue weighted by atomic mass is 19.1. The number of carbonyl (C=O) groups is 1. The maximum atomic E-state index is 12.8. The molecule has 74 valence electrons. The van der Waals surface area contributed by atoms with E-state index in [2.05, 4.69) is 6.58 Å². The zero-order valence-electron chi connectivity index (χ0n) is 8.38. The van der Waals surface area contributed by atoms with Crippen molar-refractivity contribution in [1.82, 2.24) is 0 Å². The maximum absolute atomic E-state index is 12.8. The average Bonchev–Trinajstić information content (AvgIpc) is 2.16. The highest BCUT2D eigenvalue weighted by Gasteiger charge is 2.24. The van der Waals surface area contributed by atoms with Gasteiger partial charge in [0, 0.05) is 11.0 Å². The second kappa shape index (κ2) is 3.74. The van der Waals surface area contributed by atoms with Crippen molar-refractivity contribution < 1.29 is 9.18 Å². The van der Waals surface area contributed by atoms with Gasteiger partial charge in [0.1, 0.15) is 5.82 Å². The van der Waals surface area contributed by atoms with Gasteiger partial charge < -0.3 is 0 Å². The molecule has 0 spiro atoms. The van der Waals surface area contributed by atoms with E-state index < -0.39 is 11.2 Å². The Labute approximate surface area is 83.3 Å². The summed E-state index contributed by atoms with van der Waals surface area (Å²) < 4.78 is 12.8. The van der Waals surface area contributed by atoms with Crippen molar-refractivity contribution in [2.45, 2.75) is 13.8 Å². The van der Waals surface area contributed by atoms with Gasteiger partial charge in [-0.2, -0.15) is 0 Å². The molecular formula is C12H13FO. The van der Waals surface area contributed by atoms with Gasteiger partial charge in [-0.05, 0) is 26.0 Å². The number of halogens is 1. The van der Waals surface area contributed by atoms with Gasteiger partial charge in [-0.3, -0.25) is 4.79 Å². The summed E-state index contributed by atoms with van der Waals surface area (Å²) >= 11 is 0. The Morgan fingerprint density at radius 1 is 1.50 bits per heavy atom. The third-order valence-electron chi connectivity index (χ3n) is 2.18. The van der Waals surface area contributed by atoms with Gasteiger partial charge >= 0.3 is 0 Å². The van der Waals surface area contributed by atoms with Gasteiger partial charge in [-0.1, -0.05) is 18.2 Å². The van der Waals surface area contributed by atoms with E-state index in [4.69, 9.17) is 0 Å². The van der Waals surface area contributed by atoms with Crippen LogP contribution in [0.15, 0.2) is 36.9 Å². The summed E-state index contributed by atoms with van der Waals surface area (Å²) in [5.41, 5.74) is -0.261. The molecule has 0 amide bonds. The molecule has 0 saturated heterocycles. The van der Waals surface area contributed by atoms with E-state index in [1.54, 1.807) is 26.0 Å². The number of allylic oxidation sites excluding steroid dienone is 1. The van der Waals surface area contributed by atoms with E-state index >= 15 is 0 Å². The fourth-order valence-electron chi connectivity index (χ4n) is 1.09. The van der Waals surface area contributed by atoms with E-state index in [0.29, 0.717) is 5.56 Å². The lowest BCUT2D eigenvalue weighted by Crippen LogP contribution is -2.21. The number of carbonyl (C=O) groups excluding carboxylic acids is 1. The maximum Gasteiger partial charge on any atom is 0.172 e. The summed E-state index contributed by atoms with van der Waals surface area (Å²) in [6.07, 6.45) is 1.57. The van der Waals surface area contributed by atoms with Gasteiger partial charge in [0.15, 0.2) is 5.78 Å². The molecule has 0 saturated carbocycles. The second-order valence-electron chi connectivity index (χ2n) is 3.77. The highest BCUT2D eigenvalue weighted by molar-refractivity contribution is 6.01. The summed E-state index contributed by atoms with van der Waals surface area (Å²) in [5, 5.41) is 0. The molecule has 0 radical (unpaired) electrons. The van der Waals surface area contributed by atoms with Crippen LogP contribution in [-0.2, 0) is 0 Å². The van der Waals surface area contributed by atoms with Crippen LogP contribution in [0, 0.1) is 11.2 Å². The lowest BCUT2D eigenvalue weighted by atomic mass is 9.84. The standard InChI is InChI=1S/C12H13FO/c1-4-12(2,3)11(14)9-6-5-7-10(13)8-9/h4-8H,1H2,2-3H3. The molecule has 0 heterocycles. The van der Waals surface area contributed by atoms with Crippen molar-refractivity contribution >= 4 is 5.78 Å². The first-order chi connectivity index (χ1) is 6.47. The Balaban J connectivity index is 3.07. The Hall–Kier alpha value is -1.44. The minimum Gasteiger partial charge on any atom is -0.293 e. The molecule has 1 aromatic rings. The molecule has 0 aliphatic carbocycles. The number of Topliss-reactive ketones (excluding diaryl/α,β-unsaturated/α-hetero) is 1. The zero-order chi connectivity index (χ0) is 10.8. The lowest BCUT2D eigenvalue weighted by molar-refractivity contribution is 0.0885. The molecule has 14 heavy (non-hydrogen) atoms. The van der Waals surface area contributed by atoms with Crippen LogP contribution in [0.2, 0.25) is 0 Å². The topological polar surface area (TPSA) is 17.1 Å². The average molecular weight is 192 g/mol. The first-order valence-electron chi connectivity index (χ1n) is 4.41. The van der Waals surface area contributed by atoms with E-state index in [9.17, 15) is 9.18 Å². The lowest BCUT2D eigenvalue weighted by Gasteiger charge is -2.17. The normalized spacial score (nSPS) is 11.1. The smallest absolute Gasteiger partial charge is 0.172 e. The summed E-state index contributed by atoms with van der Waals surface area (Å²) in [7, 11) is 0. The summed E-state index contributed by atoms with van der Waals surface area (Å²) in [4.78, 5) is 11.8. The second-order valence-corrected chi connectivity index (χ2v) is 3.77. The molecule has 0 unspecified atom stereocenters. The van der Waals surface area contributed by atoms with Crippen molar-refractivity contribution in [3.05, 3.63) is 48.3 Å². The van der Waals surface area contributed by atoms with Crippen LogP contribution in [0.25, 0.3) is 0 Å². The fourth-order valence-corrected chi connectivity index (χ4v) is 1.09. The van der Waals surface area contributed by atoms with Gasteiger partial charge in [0.25, 0.3) is 0 Å². The summed E-state index contributed by atoms with van der Waals surface area (Å²) in [6.45, 7) is 7.10. The molecule has 0 bridgehead atoms.